The van der Waals surface area contributed by atoms with Crippen LogP contribution in [0.1, 0.15) is 34.1 Å². The topological polar surface area (TPSA) is 89.9 Å². The molecule has 0 saturated heterocycles. The number of hydrogen-bond donors (Lipinski definition) is 1. The minimum atomic E-state index is -0.917. The molecular weight excluding hydrogens is 252 g/mol. The van der Waals surface area contributed by atoms with Gasteiger partial charge in [0.2, 0.25) is 0 Å². The van der Waals surface area contributed by atoms with E-state index in [2.05, 4.69) is 4.74 Å². The van der Waals surface area contributed by atoms with E-state index in [-0.39, 0.29) is 5.92 Å². The van der Waals surface area contributed by atoms with Crippen molar-refractivity contribution in [3.63, 3.8) is 0 Å². The third kappa shape index (κ3) is 5.72. The van der Waals surface area contributed by atoms with Crippen molar-refractivity contribution in [1.82, 2.24) is 0 Å². The van der Waals surface area contributed by atoms with E-state index in [1.165, 1.54) is 14.0 Å². The smallest absolute Gasteiger partial charge is 0.312 e. The van der Waals surface area contributed by atoms with Crippen LogP contribution in [0.5, 0.6) is 0 Å². The number of aliphatic carboxylic acids is 1. The summed E-state index contributed by atoms with van der Waals surface area (Å²) in [6.45, 7) is 6.19. The summed E-state index contributed by atoms with van der Waals surface area (Å²) in [5, 5.41) is 8.89. The Kier molecular flexibility index (Phi) is 7.11. The van der Waals surface area contributed by atoms with Crippen molar-refractivity contribution in [3.8, 4) is 0 Å². The molecule has 0 rings (SSSR count). The van der Waals surface area contributed by atoms with Crippen LogP contribution in [0.15, 0.2) is 0 Å². The third-order valence-corrected chi connectivity index (χ3v) is 3.08. The second kappa shape index (κ2) is 7.76. The summed E-state index contributed by atoms with van der Waals surface area (Å²) in [4.78, 5) is 33.5. The molecule has 4 unspecified atom stereocenters. The Balaban J connectivity index is 4.87. The molecule has 0 aliphatic heterocycles. The first-order valence-corrected chi connectivity index (χ1v) is 6.18. The molecule has 0 amide bonds. The third-order valence-electron chi connectivity index (χ3n) is 3.08. The first-order valence-electron chi connectivity index (χ1n) is 6.18. The van der Waals surface area contributed by atoms with Gasteiger partial charge in [0.05, 0.1) is 18.9 Å². The Labute approximate surface area is 113 Å². The lowest BCUT2D eigenvalue weighted by molar-refractivity contribution is -0.161. The van der Waals surface area contributed by atoms with Gasteiger partial charge >= 0.3 is 17.9 Å². The molecule has 0 aliphatic rings. The number of carbonyl (C=O) groups excluding carboxylic acids is 2. The van der Waals surface area contributed by atoms with Crippen molar-refractivity contribution in [2.45, 2.75) is 40.2 Å². The number of carboxylic acid groups (broad SMARTS) is 1. The van der Waals surface area contributed by atoms with Crippen LogP contribution in [0.2, 0.25) is 0 Å². The van der Waals surface area contributed by atoms with Gasteiger partial charge < -0.3 is 14.6 Å². The van der Waals surface area contributed by atoms with Gasteiger partial charge in [-0.2, -0.15) is 0 Å². The first kappa shape index (κ1) is 17.4. The van der Waals surface area contributed by atoms with Crippen LogP contribution in [0, 0.1) is 17.8 Å². The fourth-order valence-electron chi connectivity index (χ4n) is 2.02. The minimum absolute atomic E-state index is 0.260. The van der Waals surface area contributed by atoms with E-state index in [1.54, 1.807) is 20.8 Å². The number of carbonyl (C=O) groups is 3. The van der Waals surface area contributed by atoms with Crippen molar-refractivity contribution in [3.05, 3.63) is 0 Å². The summed E-state index contributed by atoms with van der Waals surface area (Å²) in [6.07, 6.45) is -0.374. The molecule has 6 heteroatoms. The average Bonchev–Trinajstić information content (AvgIpc) is 2.33. The molecular formula is C13H22O6. The van der Waals surface area contributed by atoms with Crippen molar-refractivity contribution < 1.29 is 29.0 Å². The lowest BCUT2D eigenvalue weighted by atomic mass is 9.86. The van der Waals surface area contributed by atoms with E-state index in [0.29, 0.717) is 6.42 Å². The second-order valence-corrected chi connectivity index (χ2v) is 4.84. The van der Waals surface area contributed by atoms with Gasteiger partial charge in [-0.3, -0.25) is 14.4 Å². The summed E-state index contributed by atoms with van der Waals surface area (Å²) in [6, 6.07) is 0. The normalized spacial score (nSPS) is 16.9. The number of carboxylic acids is 1. The maximum Gasteiger partial charge on any atom is 0.312 e. The molecule has 19 heavy (non-hydrogen) atoms. The zero-order valence-corrected chi connectivity index (χ0v) is 12.0. The van der Waals surface area contributed by atoms with Gasteiger partial charge in [0.15, 0.2) is 0 Å². The zero-order valence-electron chi connectivity index (χ0n) is 12.0. The Morgan fingerprint density at radius 2 is 1.68 bits per heavy atom. The van der Waals surface area contributed by atoms with Crippen LogP contribution < -0.4 is 0 Å². The fourth-order valence-corrected chi connectivity index (χ4v) is 2.02. The molecule has 0 aromatic rings. The molecule has 0 spiro atoms. The summed E-state index contributed by atoms with van der Waals surface area (Å²) in [7, 11) is 1.26. The van der Waals surface area contributed by atoms with Crippen molar-refractivity contribution in [2.75, 3.05) is 7.11 Å². The molecule has 0 heterocycles. The van der Waals surface area contributed by atoms with Crippen LogP contribution >= 0.6 is 0 Å². The second-order valence-electron chi connectivity index (χ2n) is 4.84. The Bertz CT molecular complexity index is 338. The Morgan fingerprint density at radius 3 is 2.05 bits per heavy atom. The molecule has 6 nitrogen and oxygen atoms in total. The van der Waals surface area contributed by atoms with Crippen LogP contribution in [0.25, 0.3) is 0 Å². The number of esters is 2. The predicted molar refractivity (Wildman–Crippen MR) is 67.3 cm³/mol. The Hall–Kier alpha value is -1.59. The van der Waals surface area contributed by atoms with E-state index in [0.717, 1.165) is 0 Å². The van der Waals surface area contributed by atoms with E-state index in [9.17, 15) is 14.4 Å². The molecule has 110 valence electrons. The first-order chi connectivity index (χ1) is 8.70. The number of hydrogen-bond acceptors (Lipinski definition) is 5. The summed E-state index contributed by atoms with van der Waals surface area (Å²) in [5.41, 5.74) is 0. The summed E-state index contributed by atoms with van der Waals surface area (Å²) < 4.78 is 9.78. The van der Waals surface area contributed by atoms with Crippen LogP contribution in [-0.2, 0) is 23.9 Å². The van der Waals surface area contributed by atoms with Gasteiger partial charge in [-0.05, 0) is 19.3 Å². The van der Waals surface area contributed by atoms with Crippen molar-refractivity contribution in [1.29, 1.82) is 0 Å². The fraction of sp³-hybridized carbons (Fsp3) is 0.769. The maximum atomic E-state index is 11.5. The molecule has 1 N–H and O–H groups in total. The molecule has 0 aromatic heterocycles. The monoisotopic (exact) mass is 274 g/mol. The van der Waals surface area contributed by atoms with Gasteiger partial charge in [0, 0.05) is 6.92 Å². The van der Waals surface area contributed by atoms with Crippen molar-refractivity contribution >= 4 is 17.9 Å². The summed E-state index contributed by atoms with van der Waals surface area (Å²) >= 11 is 0. The highest BCUT2D eigenvalue weighted by Gasteiger charge is 2.33. The number of ether oxygens (including phenoxy) is 2. The lowest BCUT2D eigenvalue weighted by Crippen LogP contribution is -2.37. The van der Waals surface area contributed by atoms with E-state index >= 15 is 0 Å². The largest absolute Gasteiger partial charge is 0.481 e. The van der Waals surface area contributed by atoms with Crippen LogP contribution in [0.3, 0.4) is 0 Å². The number of methoxy groups -OCH3 is 1. The Morgan fingerprint density at radius 1 is 1.16 bits per heavy atom. The standard InChI is InChI=1S/C13H22O6/c1-7(6-8(2)12(15)16)11(19-10(4)14)9(3)13(17)18-5/h7-9,11H,6H2,1-5H3,(H,15,16). The molecule has 4 atom stereocenters. The van der Waals surface area contributed by atoms with E-state index < -0.39 is 35.8 Å². The molecule has 0 fully saturated rings. The van der Waals surface area contributed by atoms with Crippen LogP contribution in [0.4, 0.5) is 0 Å². The van der Waals surface area contributed by atoms with E-state index in [4.69, 9.17) is 9.84 Å². The minimum Gasteiger partial charge on any atom is -0.481 e. The van der Waals surface area contributed by atoms with Gasteiger partial charge in [-0.1, -0.05) is 13.8 Å². The summed E-state index contributed by atoms with van der Waals surface area (Å²) in [5.74, 6) is -3.37. The average molecular weight is 274 g/mol. The molecule has 0 radical (unpaired) electrons. The zero-order chi connectivity index (χ0) is 15.2. The van der Waals surface area contributed by atoms with Crippen LogP contribution in [-0.4, -0.2) is 36.2 Å². The molecule has 0 aliphatic carbocycles. The highest BCUT2D eigenvalue weighted by Crippen LogP contribution is 2.24. The highest BCUT2D eigenvalue weighted by molar-refractivity contribution is 5.74. The van der Waals surface area contributed by atoms with Gasteiger partial charge in [0.25, 0.3) is 0 Å². The number of rotatable bonds is 7. The van der Waals surface area contributed by atoms with Crippen molar-refractivity contribution in [2.24, 2.45) is 17.8 Å². The van der Waals surface area contributed by atoms with E-state index in [1.807, 2.05) is 0 Å². The maximum absolute atomic E-state index is 11.5. The molecule has 0 aromatic carbocycles. The highest BCUT2D eigenvalue weighted by atomic mass is 16.6. The SMILES string of the molecule is COC(=O)C(C)C(OC(C)=O)C(C)CC(C)C(=O)O. The predicted octanol–water partition coefficient (Wildman–Crippen LogP) is 1.47. The van der Waals surface area contributed by atoms with Gasteiger partial charge in [-0.25, -0.2) is 0 Å². The quantitative estimate of drug-likeness (QED) is 0.707. The lowest BCUT2D eigenvalue weighted by Gasteiger charge is -2.28. The molecule has 0 bridgehead atoms. The van der Waals surface area contributed by atoms with Gasteiger partial charge in [0.1, 0.15) is 6.10 Å². The molecule has 0 saturated carbocycles. The van der Waals surface area contributed by atoms with Gasteiger partial charge in [-0.15, -0.1) is 0 Å².